The molecule has 4 rings (SSSR count). The summed E-state index contributed by atoms with van der Waals surface area (Å²) in [6.45, 7) is 1.46. The second-order valence-electron chi connectivity index (χ2n) is 11.3. The number of ether oxygens (including phenoxy) is 5. The number of nitrogens with two attached hydrogens (primary N) is 1. The summed E-state index contributed by atoms with van der Waals surface area (Å²) in [6, 6.07) is 26.9. The smallest absolute Gasteiger partial charge is 0.184 e. The largest absolute Gasteiger partial charge is 0.396 e. The third-order valence-electron chi connectivity index (χ3n) is 7.81. The Balaban J connectivity index is 1.57. The molecule has 0 amide bonds. The van der Waals surface area contributed by atoms with Crippen molar-refractivity contribution in [1.29, 1.82) is 0 Å². The predicted molar refractivity (Wildman–Crippen MR) is 164 cm³/mol. The average molecular weight is 628 g/mol. The standard InChI is InChI=1S/C34H45NO10/c1-22(17-36)28(37)29(38)32(43-20-25-15-9-4-10-16-25)34(40)45-30-26(21-41-18-23-11-5-2-6-12-23)44-33(39)27(35)31(30)42-19-24-13-7-3-8-14-24/h2-16,22,26-34,36-40H,17-21,35H2,1H3. The van der Waals surface area contributed by atoms with Gasteiger partial charge in [-0.25, -0.2) is 0 Å². The van der Waals surface area contributed by atoms with Crippen LogP contribution in [0.5, 0.6) is 0 Å². The van der Waals surface area contributed by atoms with Crippen molar-refractivity contribution in [3.8, 4) is 0 Å². The van der Waals surface area contributed by atoms with Gasteiger partial charge in [-0.15, -0.1) is 0 Å². The van der Waals surface area contributed by atoms with Crippen LogP contribution in [0, 0.1) is 5.92 Å². The summed E-state index contributed by atoms with van der Waals surface area (Å²) in [5, 5.41) is 53.6. The summed E-state index contributed by atoms with van der Waals surface area (Å²) in [5.74, 6) is -0.724. The molecule has 246 valence electrons. The monoisotopic (exact) mass is 627 g/mol. The predicted octanol–water partition coefficient (Wildman–Crippen LogP) is 1.47. The van der Waals surface area contributed by atoms with Crippen LogP contribution in [0.4, 0.5) is 0 Å². The first kappa shape index (κ1) is 35.1. The molecule has 1 heterocycles. The summed E-state index contributed by atoms with van der Waals surface area (Å²) in [6.07, 6.45) is -10.8. The van der Waals surface area contributed by atoms with Crippen LogP contribution in [-0.4, -0.2) is 94.0 Å². The molecule has 1 aliphatic heterocycles. The van der Waals surface area contributed by atoms with Gasteiger partial charge in [0.05, 0.1) is 38.6 Å². The fourth-order valence-electron chi connectivity index (χ4n) is 5.07. The molecule has 1 aliphatic rings. The molecule has 7 N–H and O–H groups in total. The fraction of sp³-hybridized carbons (Fsp3) is 0.471. The van der Waals surface area contributed by atoms with Crippen molar-refractivity contribution in [3.05, 3.63) is 108 Å². The van der Waals surface area contributed by atoms with E-state index in [4.69, 9.17) is 29.4 Å². The Morgan fingerprint density at radius 2 is 1.29 bits per heavy atom. The van der Waals surface area contributed by atoms with Gasteiger partial charge >= 0.3 is 0 Å². The maximum atomic E-state index is 11.5. The van der Waals surface area contributed by atoms with Crippen molar-refractivity contribution in [2.75, 3.05) is 13.2 Å². The molecule has 3 aromatic rings. The maximum Gasteiger partial charge on any atom is 0.184 e. The maximum absolute atomic E-state index is 11.5. The SMILES string of the molecule is CC(CO)C(O)C(O)C(OCc1ccccc1)C(O)OC1C(COCc2ccccc2)OC(O)C(N)C1OCc1ccccc1. The summed E-state index contributed by atoms with van der Waals surface area (Å²) in [4.78, 5) is 0. The zero-order chi connectivity index (χ0) is 32.2. The van der Waals surface area contributed by atoms with Crippen molar-refractivity contribution in [2.45, 2.75) is 82.0 Å². The molecule has 3 aromatic carbocycles. The van der Waals surface area contributed by atoms with Crippen LogP contribution in [0.15, 0.2) is 91.0 Å². The number of aliphatic hydroxyl groups is 5. The Hall–Kier alpha value is -2.78. The van der Waals surface area contributed by atoms with Crippen LogP contribution < -0.4 is 5.73 Å². The Bertz CT molecular complexity index is 1220. The van der Waals surface area contributed by atoms with Gasteiger partial charge < -0.3 is 55.0 Å². The third kappa shape index (κ3) is 10.1. The van der Waals surface area contributed by atoms with Crippen LogP contribution in [0.1, 0.15) is 23.6 Å². The Labute approximate surface area is 263 Å². The van der Waals surface area contributed by atoms with Crippen molar-refractivity contribution < 1.29 is 49.2 Å². The molecule has 45 heavy (non-hydrogen) atoms. The van der Waals surface area contributed by atoms with E-state index in [0.29, 0.717) is 0 Å². The van der Waals surface area contributed by atoms with Gasteiger partial charge in [0.15, 0.2) is 12.6 Å². The highest BCUT2D eigenvalue weighted by Gasteiger charge is 2.48. The molecular formula is C34H45NO10. The van der Waals surface area contributed by atoms with Gasteiger partial charge in [0.1, 0.15) is 30.5 Å². The highest BCUT2D eigenvalue weighted by atomic mass is 16.7. The lowest BCUT2D eigenvalue weighted by molar-refractivity contribution is -0.315. The van der Waals surface area contributed by atoms with Crippen LogP contribution >= 0.6 is 0 Å². The van der Waals surface area contributed by atoms with Gasteiger partial charge in [0, 0.05) is 12.5 Å². The second-order valence-corrected chi connectivity index (χ2v) is 11.3. The van der Waals surface area contributed by atoms with Gasteiger partial charge in [0.2, 0.25) is 0 Å². The lowest BCUT2D eigenvalue weighted by atomic mass is 9.95. The Kier molecular flexibility index (Phi) is 13.9. The van der Waals surface area contributed by atoms with E-state index in [1.165, 1.54) is 0 Å². The molecule has 0 bridgehead atoms. The summed E-state index contributed by atoms with van der Waals surface area (Å²) in [7, 11) is 0. The van der Waals surface area contributed by atoms with Crippen LogP contribution in [-0.2, 0) is 43.5 Å². The summed E-state index contributed by atoms with van der Waals surface area (Å²) in [5.41, 5.74) is 8.89. The van der Waals surface area contributed by atoms with Crippen molar-refractivity contribution in [2.24, 2.45) is 11.7 Å². The summed E-state index contributed by atoms with van der Waals surface area (Å²) >= 11 is 0. The van der Waals surface area contributed by atoms with Crippen LogP contribution in [0.3, 0.4) is 0 Å². The lowest BCUT2D eigenvalue weighted by Gasteiger charge is -2.45. The first-order valence-electron chi connectivity index (χ1n) is 15.1. The van der Waals surface area contributed by atoms with Crippen molar-refractivity contribution in [3.63, 3.8) is 0 Å². The van der Waals surface area contributed by atoms with Crippen LogP contribution in [0.25, 0.3) is 0 Å². The molecule has 0 radical (unpaired) electrons. The number of hydrogen-bond donors (Lipinski definition) is 6. The zero-order valence-corrected chi connectivity index (χ0v) is 25.3. The fourth-order valence-corrected chi connectivity index (χ4v) is 5.07. The minimum Gasteiger partial charge on any atom is -0.396 e. The number of benzene rings is 3. The van der Waals surface area contributed by atoms with E-state index in [1.807, 2.05) is 91.0 Å². The van der Waals surface area contributed by atoms with E-state index in [0.717, 1.165) is 16.7 Å². The zero-order valence-electron chi connectivity index (χ0n) is 25.3. The van der Waals surface area contributed by atoms with E-state index in [1.54, 1.807) is 6.92 Å². The van der Waals surface area contributed by atoms with Gasteiger partial charge in [-0.2, -0.15) is 0 Å². The topological polar surface area (TPSA) is 173 Å². The Morgan fingerprint density at radius 3 is 1.84 bits per heavy atom. The van der Waals surface area contributed by atoms with E-state index in [-0.39, 0.29) is 26.4 Å². The van der Waals surface area contributed by atoms with E-state index in [9.17, 15) is 25.5 Å². The minimum absolute atomic E-state index is 0.0137. The molecule has 11 heteroatoms. The van der Waals surface area contributed by atoms with Gasteiger partial charge in [-0.05, 0) is 16.7 Å². The van der Waals surface area contributed by atoms with E-state index < -0.39 is 67.8 Å². The van der Waals surface area contributed by atoms with E-state index >= 15 is 0 Å². The molecule has 0 aromatic heterocycles. The minimum atomic E-state index is -1.82. The average Bonchev–Trinajstić information content (AvgIpc) is 3.07. The molecule has 11 nitrogen and oxygen atoms in total. The molecule has 1 saturated heterocycles. The van der Waals surface area contributed by atoms with Crippen molar-refractivity contribution >= 4 is 0 Å². The third-order valence-corrected chi connectivity index (χ3v) is 7.81. The second kappa shape index (κ2) is 17.8. The molecule has 10 unspecified atom stereocenters. The molecule has 0 spiro atoms. The van der Waals surface area contributed by atoms with Gasteiger partial charge in [-0.1, -0.05) is 97.9 Å². The van der Waals surface area contributed by atoms with Crippen LogP contribution in [0.2, 0.25) is 0 Å². The Morgan fingerprint density at radius 1 is 0.756 bits per heavy atom. The quantitative estimate of drug-likeness (QED) is 0.120. The number of aliphatic hydroxyl groups excluding tert-OH is 5. The normalized spacial score (nSPS) is 25.3. The van der Waals surface area contributed by atoms with Gasteiger partial charge in [0.25, 0.3) is 0 Å². The number of rotatable bonds is 17. The number of hydrogen-bond acceptors (Lipinski definition) is 11. The molecular weight excluding hydrogens is 582 g/mol. The highest BCUT2D eigenvalue weighted by molar-refractivity contribution is 5.15. The molecule has 0 aliphatic carbocycles. The van der Waals surface area contributed by atoms with Crippen molar-refractivity contribution in [1.82, 2.24) is 0 Å². The van der Waals surface area contributed by atoms with Gasteiger partial charge in [-0.3, -0.25) is 0 Å². The molecule has 1 fully saturated rings. The lowest BCUT2D eigenvalue weighted by Crippen LogP contribution is -2.65. The molecule has 0 saturated carbocycles. The van der Waals surface area contributed by atoms with E-state index in [2.05, 4.69) is 0 Å². The highest BCUT2D eigenvalue weighted by Crippen LogP contribution is 2.28. The first-order chi connectivity index (χ1) is 21.8. The molecule has 10 atom stereocenters. The first-order valence-corrected chi connectivity index (χ1v) is 15.1. The summed E-state index contributed by atoms with van der Waals surface area (Å²) < 4.78 is 30.0.